The van der Waals surface area contributed by atoms with Crippen LogP contribution in [0.15, 0.2) is 156 Å². The average molecular weight is 566 g/mol. The molecule has 210 valence electrons. The number of hydrogen-bond donors (Lipinski definition) is 0. The van der Waals surface area contributed by atoms with Gasteiger partial charge in [-0.1, -0.05) is 91.0 Å². The Morgan fingerprint density at radius 3 is 1.37 bits per heavy atom. The Morgan fingerprint density at radius 1 is 0.488 bits per heavy atom. The Bertz CT molecular complexity index is 1860. The van der Waals surface area contributed by atoms with E-state index < -0.39 is 23.3 Å². The van der Waals surface area contributed by atoms with E-state index in [4.69, 9.17) is 0 Å². The second-order valence-electron chi connectivity index (χ2n) is 9.55. The molecule has 1 aliphatic rings. The summed E-state index contributed by atoms with van der Waals surface area (Å²) in [4.78, 5) is 40.3. The van der Waals surface area contributed by atoms with Gasteiger partial charge in [-0.15, -0.1) is 0 Å². The third kappa shape index (κ3) is 5.09. The number of para-hydroxylation sites is 4. The topological polar surface area (TPSA) is 90.6 Å². The van der Waals surface area contributed by atoms with Gasteiger partial charge < -0.3 is 5.11 Å². The Labute approximate surface area is 247 Å². The third-order valence-corrected chi connectivity index (χ3v) is 6.84. The molecule has 0 bridgehead atoms. The fraction of sp³-hybridized carbons (Fsp3) is 0. The molecule has 43 heavy (non-hydrogen) atoms. The monoisotopic (exact) mass is 565 g/mol. The zero-order chi connectivity index (χ0) is 29.8. The number of allylic oxidation sites excluding steroid dienone is 4. The SMILES string of the molecule is O=C1C(=C/C=C/C=C/c2c([O-])n(-c3ccccc3)n(-c3ccccc3)c2=O)C(=O)N(c2ccccc2)N1c1ccccc1. The molecule has 0 spiro atoms. The van der Waals surface area contributed by atoms with Crippen molar-refractivity contribution in [2.24, 2.45) is 0 Å². The van der Waals surface area contributed by atoms with E-state index in [0.29, 0.717) is 22.7 Å². The number of carbonyl (C=O) groups is 2. The van der Waals surface area contributed by atoms with Crippen LogP contribution in [0.25, 0.3) is 17.5 Å². The smallest absolute Gasteiger partial charge is 0.283 e. The van der Waals surface area contributed by atoms with Gasteiger partial charge in [0.15, 0.2) is 0 Å². The van der Waals surface area contributed by atoms with Gasteiger partial charge in [0.05, 0.1) is 28.3 Å². The lowest BCUT2D eigenvalue weighted by Gasteiger charge is -2.27. The molecule has 0 aliphatic carbocycles. The molecule has 4 aromatic carbocycles. The molecule has 1 fully saturated rings. The minimum absolute atomic E-state index is 0.0245. The van der Waals surface area contributed by atoms with Crippen molar-refractivity contribution >= 4 is 29.3 Å². The molecule has 1 aliphatic heterocycles. The van der Waals surface area contributed by atoms with Crippen LogP contribution in [-0.4, -0.2) is 21.2 Å². The molecule has 2 heterocycles. The molecule has 1 saturated heterocycles. The molecule has 6 rings (SSSR count). The van der Waals surface area contributed by atoms with Gasteiger partial charge in [0.2, 0.25) is 0 Å². The molecule has 2 amide bonds. The zero-order valence-electron chi connectivity index (χ0n) is 22.9. The van der Waals surface area contributed by atoms with Crippen molar-refractivity contribution < 1.29 is 14.7 Å². The molecule has 8 nitrogen and oxygen atoms in total. The number of hydrazine groups is 1. The number of carbonyl (C=O) groups excluding carboxylic acids is 2. The number of amides is 2. The summed E-state index contributed by atoms with van der Waals surface area (Å²) in [6.45, 7) is 0. The van der Waals surface area contributed by atoms with Crippen LogP contribution in [0.5, 0.6) is 5.88 Å². The molecule has 5 aromatic rings. The standard InChI is InChI=1S/C35H26N4O4/c40-32-30(33(41)37(27-18-8-2-9-19-27)36(32)26-16-6-1-7-17-26)24-14-5-15-25-31-34(42)38(28-20-10-3-11-21-28)39(35(31)43)29-22-12-4-13-23-29/h1-25,40H/p-1/b15-5+,24-14+. The molecule has 8 heteroatoms. The number of hydrogen-bond acceptors (Lipinski definition) is 4. The quantitative estimate of drug-likeness (QED) is 0.154. The first kappa shape index (κ1) is 27.0. The van der Waals surface area contributed by atoms with Crippen LogP contribution in [-0.2, 0) is 9.59 Å². The van der Waals surface area contributed by atoms with Gasteiger partial charge in [0.1, 0.15) is 5.57 Å². The second-order valence-corrected chi connectivity index (χ2v) is 9.55. The lowest BCUT2D eigenvalue weighted by molar-refractivity contribution is -0.278. The van der Waals surface area contributed by atoms with Crippen molar-refractivity contribution in [3.05, 3.63) is 167 Å². The number of aromatic nitrogens is 2. The summed E-state index contributed by atoms with van der Waals surface area (Å²) < 4.78 is 2.68. The Morgan fingerprint density at radius 2 is 0.907 bits per heavy atom. The van der Waals surface area contributed by atoms with E-state index in [1.165, 1.54) is 43.7 Å². The minimum Gasteiger partial charge on any atom is -0.858 e. The highest BCUT2D eigenvalue weighted by atomic mass is 16.3. The van der Waals surface area contributed by atoms with Gasteiger partial charge >= 0.3 is 0 Å². The van der Waals surface area contributed by atoms with Gasteiger partial charge in [-0.3, -0.25) is 19.1 Å². The summed E-state index contributed by atoms with van der Waals surface area (Å²) >= 11 is 0. The lowest BCUT2D eigenvalue weighted by atomic mass is 10.2. The molecular weight excluding hydrogens is 540 g/mol. The largest absolute Gasteiger partial charge is 0.858 e. The zero-order valence-corrected chi connectivity index (χ0v) is 22.9. The first-order valence-corrected chi connectivity index (χ1v) is 13.6. The van der Waals surface area contributed by atoms with Gasteiger partial charge in [-0.25, -0.2) is 14.7 Å². The predicted octanol–water partition coefficient (Wildman–Crippen LogP) is 5.19. The summed E-state index contributed by atoms with van der Waals surface area (Å²) in [5, 5.41) is 16.1. The van der Waals surface area contributed by atoms with Gasteiger partial charge in [0, 0.05) is 5.88 Å². The van der Waals surface area contributed by atoms with Crippen molar-refractivity contribution in [2.45, 2.75) is 0 Å². The molecule has 1 aromatic heterocycles. The van der Waals surface area contributed by atoms with Gasteiger partial charge in [-0.05, 0) is 60.7 Å². The second kappa shape index (κ2) is 11.8. The van der Waals surface area contributed by atoms with E-state index >= 15 is 0 Å². The molecule has 0 atom stereocenters. The highest BCUT2D eigenvalue weighted by molar-refractivity contribution is 6.36. The van der Waals surface area contributed by atoms with Crippen LogP contribution in [0.3, 0.4) is 0 Å². The fourth-order valence-electron chi connectivity index (χ4n) is 4.86. The molecular formula is C35H25N4O4-. The number of nitrogens with zero attached hydrogens (tertiary/aromatic N) is 4. The summed E-state index contributed by atoms with van der Waals surface area (Å²) in [6.07, 6.45) is 7.51. The van der Waals surface area contributed by atoms with Crippen molar-refractivity contribution in [3.8, 4) is 17.3 Å². The lowest BCUT2D eigenvalue weighted by Crippen LogP contribution is -2.41. The van der Waals surface area contributed by atoms with Crippen LogP contribution in [0.4, 0.5) is 11.4 Å². The van der Waals surface area contributed by atoms with Crippen LogP contribution in [0.1, 0.15) is 5.56 Å². The normalized spacial score (nSPS) is 13.5. The van der Waals surface area contributed by atoms with Gasteiger partial charge in [0.25, 0.3) is 17.4 Å². The number of anilines is 2. The first-order valence-electron chi connectivity index (χ1n) is 13.6. The van der Waals surface area contributed by atoms with E-state index in [-0.39, 0.29) is 11.1 Å². The van der Waals surface area contributed by atoms with E-state index in [2.05, 4.69) is 0 Å². The number of rotatable bonds is 7. The predicted molar refractivity (Wildman–Crippen MR) is 165 cm³/mol. The maximum Gasteiger partial charge on any atom is 0.283 e. The molecule has 0 saturated carbocycles. The van der Waals surface area contributed by atoms with Crippen molar-refractivity contribution in [1.82, 2.24) is 9.36 Å². The van der Waals surface area contributed by atoms with Crippen LogP contribution >= 0.6 is 0 Å². The van der Waals surface area contributed by atoms with Crippen molar-refractivity contribution in [1.29, 1.82) is 0 Å². The third-order valence-electron chi connectivity index (χ3n) is 6.84. The summed E-state index contributed by atoms with van der Waals surface area (Å²) in [7, 11) is 0. The first-order chi connectivity index (χ1) is 21.1. The summed E-state index contributed by atoms with van der Waals surface area (Å²) in [6, 6.07) is 35.8. The highest BCUT2D eigenvalue weighted by Crippen LogP contribution is 2.31. The van der Waals surface area contributed by atoms with Crippen molar-refractivity contribution in [2.75, 3.05) is 10.0 Å². The minimum atomic E-state index is -0.471. The van der Waals surface area contributed by atoms with E-state index in [1.807, 2.05) is 24.3 Å². The highest BCUT2D eigenvalue weighted by Gasteiger charge is 2.42. The summed E-state index contributed by atoms with van der Waals surface area (Å²) in [5.41, 5.74) is 1.69. The molecule has 0 radical (unpaired) electrons. The number of benzene rings is 4. The summed E-state index contributed by atoms with van der Waals surface area (Å²) in [5.74, 6) is -1.41. The van der Waals surface area contributed by atoms with Crippen LogP contribution in [0.2, 0.25) is 0 Å². The fourth-order valence-corrected chi connectivity index (χ4v) is 4.86. The molecule has 0 N–H and O–H groups in total. The Hall–Kier alpha value is -6.15. The van der Waals surface area contributed by atoms with E-state index in [0.717, 1.165) is 0 Å². The Kier molecular flexibility index (Phi) is 7.39. The van der Waals surface area contributed by atoms with Gasteiger partial charge in [-0.2, -0.15) is 0 Å². The maximum atomic E-state index is 13.4. The van der Waals surface area contributed by atoms with Crippen molar-refractivity contribution in [3.63, 3.8) is 0 Å². The maximum absolute atomic E-state index is 13.4. The van der Waals surface area contributed by atoms with Crippen LogP contribution < -0.4 is 20.7 Å². The van der Waals surface area contributed by atoms with Crippen LogP contribution in [0, 0.1) is 0 Å². The van der Waals surface area contributed by atoms with E-state index in [1.54, 1.807) is 103 Å². The average Bonchev–Trinajstić information content (AvgIpc) is 3.46. The van der Waals surface area contributed by atoms with E-state index in [9.17, 15) is 19.5 Å². The Balaban J connectivity index is 1.32. The molecule has 0 unspecified atom stereocenters.